The van der Waals surface area contributed by atoms with E-state index in [2.05, 4.69) is 4.74 Å². The molecule has 2 atom stereocenters. The van der Waals surface area contributed by atoms with E-state index in [1.165, 1.54) is 0 Å². The van der Waals surface area contributed by atoms with Gasteiger partial charge in [-0.25, -0.2) is 0 Å². The summed E-state index contributed by atoms with van der Waals surface area (Å²) in [6, 6.07) is 0. The van der Waals surface area contributed by atoms with E-state index in [0.717, 1.165) is 0 Å². The van der Waals surface area contributed by atoms with Crippen LogP contribution >= 0.6 is 23.2 Å². The summed E-state index contributed by atoms with van der Waals surface area (Å²) in [5.41, 5.74) is 0. The Hall–Kier alpha value is 0.340. The number of halogens is 2. The maximum Gasteiger partial charge on any atom is 0.0908 e. The molecule has 0 fully saturated rings. The molecule has 4 N–H and O–H groups in total. The maximum atomic E-state index is 8.87. The molecular weight excluding hydrogens is 287 g/mol. The number of aliphatic hydroxyl groups is 4. The van der Waals surface area contributed by atoms with Crippen molar-refractivity contribution in [3.05, 3.63) is 0 Å². The third kappa shape index (κ3) is 18.7. The highest BCUT2D eigenvalue weighted by Gasteiger charge is 2.05. The maximum absolute atomic E-state index is 8.87. The molecule has 2 unspecified atom stereocenters. The first-order chi connectivity index (χ1) is 8.62. The molecule has 0 aromatic carbocycles. The molecule has 18 heavy (non-hydrogen) atoms. The van der Waals surface area contributed by atoms with Crippen LogP contribution < -0.4 is 0 Å². The first kappa shape index (κ1) is 20.7. The van der Waals surface area contributed by atoms with E-state index in [9.17, 15) is 0 Å². The second-order valence-corrected chi connectivity index (χ2v) is 3.83. The molecule has 0 aromatic heterocycles. The molecule has 0 radical (unpaired) electrons. The van der Waals surface area contributed by atoms with Gasteiger partial charge in [0.2, 0.25) is 0 Å². The Bertz CT molecular complexity index is 138. The topological polar surface area (TPSA) is 99.4 Å². The van der Waals surface area contributed by atoms with Crippen molar-refractivity contribution in [2.75, 3.05) is 51.4 Å². The molecular formula is C10H22Cl2O6. The van der Waals surface area contributed by atoms with Gasteiger partial charge in [0.05, 0.1) is 63.6 Å². The number of hydrogen-bond acceptors (Lipinski definition) is 6. The van der Waals surface area contributed by atoms with Crippen LogP contribution in [-0.4, -0.2) is 84.0 Å². The molecule has 0 aliphatic carbocycles. The molecule has 0 aromatic rings. The van der Waals surface area contributed by atoms with Gasteiger partial charge in [-0.3, -0.25) is 0 Å². The van der Waals surface area contributed by atoms with Crippen molar-refractivity contribution in [3.63, 3.8) is 0 Å². The predicted octanol–water partition coefficient (Wildman–Crippen LogP) is -0.810. The Morgan fingerprint density at radius 3 is 1.44 bits per heavy atom. The van der Waals surface area contributed by atoms with Gasteiger partial charge in [0.15, 0.2) is 0 Å². The SMILES string of the molecule is OC(CCl)COCC(O)CCl.OCCOCCO. The lowest BCUT2D eigenvalue weighted by Gasteiger charge is -2.10. The van der Waals surface area contributed by atoms with E-state index < -0.39 is 12.2 Å². The zero-order valence-electron chi connectivity index (χ0n) is 10.2. The van der Waals surface area contributed by atoms with Crippen LogP contribution in [0.3, 0.4) is 0 Å². The van der Waals surface area contributed by atoms with Gasteiger partial charge in [0.25, 0.3) is 0 Å². The highest BCUT2D eigenvalue weighted by Crippen LogP contribution is 1.92. The summed E-state index contributed by atoms with van der Waals surface area (Å²) >= 11 is 10.6. The molecule has 0 saturated heterocycles. The first-order valence-electron chi connectivity index (χ1n) is 5.47. The molecule has 0 saturated carbocycles. The Labute approximate surface area is 117 Å². The summed E-state index contributed by atoms with van der Waals surface area (Å²) in [7, 11) is 0. The summed E-state index contributed by atoms with van der Waals surface area (Å²) in [6.45, 7) is 0.968. The van der Waals surface area contributed by atoms with Crippen LogP contribution in [0.2, 0.25) is 0 Å². The van der Waals surface area contributed by atoms with Gasteiger partial charge in [-0.2, -0.15) is 0 Å². The van der Waals surface area contributed by atoms with Crippen molar-refractivity contribution in [2.24, 2.45) is 0 Å². The van der Waals surface area contributed by atoms with Gasteiger partial charge in [0, 0.05) is 0 Å². The number of alkyl halides is 2. The van der Waals surface area contributed by atoms with E-state index >= 15 is 0 Å². The van der Waals surface area contributed by atoms with E-state index in [0.29, 0.717) is 13.2 Å². The van der Waals surface area contributed by atoms with Gasteiger partial charge in [-0.1, -0.05) is 0 Å². The Morgan fingerprint density at radius 2 is 1.17 bits per heavy atom. The number of aliphatic hydroxyl groups excluding tert-OH is 4. The normalized spacial score (nSPS) is 13.7. The van der Waals surface area contributed by atoms with Crippen molar-refractivity contribution in [1.29, 1.82) is 0 Å². The van der Waals surface area contributed by atoms with E-state index in [1.807, 2.05) is 0 Å². The Balaban J connectivity index is 0. The summed E-state index contributed by atoms with van der Waals surface area (Å²) in [4.78, 5) is 0. The monoisotopic (exact) mass is 308 g/mol. The van der Waals surface area contributed by atoms with Crippen LogP contribution in [0.1, 0.15) is 0 Å². The lowest BCUT2D eigenvalue weighted by Crippen LogP contribution is -2.23. The fourth-order valence-electron chi connectivity index (χ4n) is 0.660. The molecule has 0 aliphatic heterocycles. The van der Waals surface area contributed by atoms with Crippen LogP contribution in [0.15, 0.2) is 0 Å². The van der Waals surface area contributed by atoms with Crippen LogP contribution in [0, 0.1) is 0 Å². The summed E-state index contributed by atoms with van der Waals surface area (Å²) in [5, 5.41) is 33.9. The van der Waals surface area contributed by atoms with Crippen LogP contribution in [0.25, 0.3) is 0 Å². The number of hydrogen-bond donors (Lipinski definition) is 4. The Morgan fingerprint density at radius 1 is 0.778 bits per heavy atom. The van der Waals surface area contributed by atoms with Crippen LogP contribution in [0.4, 0.5) is 0 Å². The minimum atomic E-state index is -0.667. The van der Waals surface area contributed by atoms with Gasteiger partial charge < -0.3 is 29.9 Å². The standard InChI is InChI=1S/C6H12Cl2O3.C4H10O3/c7-1-5(9)3-11-4-6(10)2-8;5-1-3-7-4-2-6/h5-6,9-10H,1-4H2;5-6H,1-4H2. The average molecular weight is 309 g/mol. The lowest BCUT2D eigenvalue weighted by atomic mass is 10.4. The highest BCUT2D eigenvalue weighted by molar-refractivity contribution is 6.18. The third-order valence-corrected chi connectivity index (χ3v) is 2.16. The molecule has 0 rings (SSSR count). The quantitative estimate of drug-likeness (QED) is 0.311. The van der Waals surface area contributed by atoms with E-state index in [1.54, 1.807) is 0 Å². The van der Waals surface area contributed by atoms with Crippen LogP contribution in [-0.2, 0) is 9.47 Å². The number of ether oxygens (including phenoxy) is 2. The molecule has 0 spiro atoms. The molecule has 0 bridgehead atoms. The van der Waals surface area contributed by atoms with Gasteiger partial charge in [0.1, 0.15) is 0 Å². The van der Waals surface area contributed by atoms with Gasteiger partial charge >= 0.3 is 0 Å². The molecule has 0 aliphatic rings. The predicted molar refractivity (Wildman–Crippen MR) is 69.3 cm³/mol. The fraction of sp³-hybridized carbons (Fsp3) is 1.00. The average Bonchev–Trinajstić information content (AvgIpc) is 2.39. The van der Waals surface area contributed by atoms with Crippen molar-refractivity contribution >= 4 is 23.2 Å². The number of rotatable bonds is 10. The molecule has 6 nitrogen and oxygen atoms in total. The lowest BCUT2D eigenvalue weighted by molar-refractivity contribution is 0.00593. The second kappa shape index (κ2) is 17.3. The summed E-state index contributed by atoms with van der Waals surface area (Å²) in [5.74, 6) is 0.272. The van der Waals surface area contributed by atoms with Crippen molar-refractivity contribution < 1.29 is 29.9 Å². The van der Waals surface area contributed by atoms with Crippen molar-refractivity contribution in [1.82, 2.24) is 0 Å². The van der Waals surface area contributed by atoms with E-state index in [4.69, 9.17) is 48.4 Å². The van der Waals surface area contributed by atoms with Gasteiger partial charge in [-0.15, -0.1) is 23.2 Å². The van der Waals surface area contributed by atoms with Crippen molar-refractivity contribution in [2.45, 2.75) is 12.2 Å². The largest absolute Gasteiger partial charge is 0.394 e. The molecule has 0 heterocycles. The first-order valence-corrected chi connectivity index (χ1v) is 6.54. The minimum absolute atomic E-state index is 0.0278. The zero-order valence-corrected chi connectivity index (χ0v) is 11.7. The minimum Gasteiger partial charge on any atom is -0.394 e. The molecule has 0 amide bonds. The summed E-state index contributed by atoms with van der Waals surface area (Å²) < 4.78 is 9.50. The highest BCUT2D eigenvalue weighted by atomic mass is 35.5. The Kier molecular flexibility index (Phi) is 19.9. The van der Waals surface area contributed by atoms with Gasteiger partial charge in [-0.05, 0) is 0 Å². The smallest absolute Gasteiger partial charge is 0.0908 e. The fourth-order valence-corrected chi connectivity index (χ4v) is 0.839. The van der Waals surface area contributed by atoms with Crippen LogP contribution in [0.5, 0.6) is 0 Å². The molecule has 112 valence electrons. The third-order valence-electron chi connectivity index (χ3n) is 1.45. The zero-order chi connectivity index (χ0) is 14.2. The summed E-state index contributed by atoms with van der Waals surface area (Å²) in [6.07, 6.45) is -1.33. The second-order valence-electron chi connectivity index (χ2n) is 3.21. The van der Waals surface area contributed by atoms with Crippen molar-refractivity contribution in [3.8, 4) is 0 Å². The van der Waals surface area contributed by atoms with E-state index in [-0.39, 0.29) is 38.2 Å². The molecule has 8 heteroatoms.